The number of carbonyl (C=O) groups excluding carboxylic acids is 3. The fourth-order valence-electron chi connectivity index (χ4n) is 6.09. The quantitative estimate of drug-likeness (QED) is 0.0194. The first kappa shape index (κ1) is 50.8. The number of Topliss-reactive ketones (excluding diaryl/α,β-unsaturated/α-hetero) is 1. The lowest BCUT2D eigenvalue weighted by Crippen LogP contribution is -2.37. The number of aliphatic hydroxyl groups excluding tert-OH is 2. The maximum absolute atomic E-state index is 12.8. The summed E-state index contributed by atoms with van der Waals surface area (Å²) in [5.74, 6) is -1.76. The van der Waals surface area contributed by atoms with Crippen LogP contribution >= 0.6 is 7.82 Å². The van der Waals surface area contributed by atoms with Gasteiger partial charge < -0.3 is 29.1 Å². The van der Waals surface area contributed by atoms with E-state index in [1.165, 1.54) is 12.8 Å². The summed E-state index contributed by atoms with van der Waals surface area (Å²) in [6.07, 6.45) is 24.2. The lowest BCUT2D eigenvalue weighted by molar-refractivity contribution is -0.870. The molecule has 1 fully saturated rings. The smallest absolute Gasteiger partial charge is 0.462 e. The van der Waals surface area contributed by atoms with Gasteiger partial charge in [0.05, 0.1) is 40.0 Å². The molecule has 0 amide bonds. The van der Waals surface area contributed by atoms with E-state index >= 15 is 0 Å². The van der Waals surface area contributed by atoms with Crippen molar-refractivity contribution in [1.29, 1.82) is 0 Å². The minimum atomic E-state index is -4.45. The molecule has 1 saturated carbocycles. The van der Waals surface area contributed by atoms with Crippen LogP contribution in [0.4, 0.5) is 0 Å². The summed E-state index contributed by atoms with van der Waals surface area (Å²) in [5.41, 5.74) is 0. The molecule has 0 saturated heterocycles. The van der Waals surface area contributed by atoms with Crippen LogP contribution in [0.5, 0.6) is 0 Å². The van der Waals surface area contributed by atoms with Gasteiger partial charge in [0.1, 0.15) is 25.5 Å². The molecular formula is C42H75NO11P+. The van der Waals surface area contributed by atoms with Crippen molar-refractivity contribution in [2.45, 2.75) is 154 Å². The predicted octanol–water partition coefficient (Wildman–Crippen LogP) is 7.94. The fourth-order valence-corrected chi connectivity index (χ4v) is 6.83. The van der Waals surface area contributed by atoms with Crippen LogP contribution in [0.1, 0.15) is 136 Å². The number of allylic oxidation sites excluding steroid dienone is 5. The second kappa shape index (κ2) is 30.0. The Balaban J connectivity index is 2.57. The summed E-state index contributed by atoms with van der Waals surface area (Å²) in [4.78, 5) is 47.9. The Labute approximate surface area is 331 Å². The lowest BCUT2D eigenvalue weighted by Gasteiger charge is -2.24. The third-order valence-corrected chi connectivity index (χ3v) is 10.5. The van der Waals surface area contributed by atoms with Gasteiger partial charge in [-0.05, 0) is 51.4 Å². The highest BCUT2D eigenvalue weighted by Crippen LogP contribution is 2.43. The fraction of sp³-hybridized carbons (Fsp3) is 0.786. The highest BCUT2D eigenvalue weighted by atomic mass is 31.2. The van der Waals surface area contributed by atoms with Gasteiger partial charge in [-0.25, -0.2) is 4.57 Å². The third-order valence-electron chi connectivity index (χ3n) is 9.52. The average Bonchev–Trinajstić information content (AvgIpc) is 3.39. The number of esters is 2. The molecule has 13 heteroatoms. The molecule has 3 N–H and O–H groups in total. The largest absolute Gasteiger partial charge is 0.472 e. The predicted molar refractivity (Wildman–Crippen MR) is 216 cm³/mol. The summed E-state index contributed by atoms with van der Waals surface area (Å²) in [6, 6.07) is 0. The molecule has 1 unspecified atom stereocenters. The van der Waals surface area contributed by atoms with E-state index < -0.39 is 50.6 Å². The van der Waals surface area contributed by atoms with Gasteiger partial charge in [0.25, 0.3) is 0 Å². The number of nitrogens with zero attached hydrogens (tertiary/aromatic N) is 1. The Kier molecular flexibility index (Phi) is 27.7. The Morgan fingerprint density at radius 1 is 0.836 bits per heavy atom. The summed E-state index contributed by atoms with van der Waals surface area (Å²) < 4.78 is 34.1. The van der Waals surface area contributed by atoms with E-state index in [2.05, 4.69) is 26.0 Å². The van der Waals surface area contributed by atoms with Crippen LogP contribution < -0.4 is 0 Å². The van der Waals surface area contributed by atoms with Gasteiger partial charge in [0.2, 0.25) is 0 Å². The van der Waals surface area contributed by atoms with Crippen LogP contribution in [0.25, 0.3) is 0 Å². The molecule has 0 aliphatic heterocycles. The molecule has 0 aromatic rings. The number of phosphoric acid groups is 1. The number of rotatable bonds is 33. The number of hydrogen-bond donors (Lipinski definition) is 3. The van der Waals surface area contributed by atoms with Gasteiger partial charge >= 0.3 is 19.8 Å². The highest BCUT2D eigenvalue weighted by molar-refractivity contribution is 7.47. The van der Waals surface area contributed by atoms with Gasteiger partial charge in [0.15, 0.2) is 6.10 Å². The van der Waals surface area contributed by atoms with E-state index in [1.807, 2.05) is 33.3 Å². The molecule has 1 aliphatic carbocycles. The maximum Gasteiger partial charge on any atom is 0.472 e. The zero-order chi connectivity index (χ0) is 41.0. The second-order valence-electron chi connectivity index (χ2n) is 15.8. The number of unbranched alkanes of at least 4 members (excludes halogenated alkanes) is 10. The zero-order valence-corrected chi connectivity index (χ0v) is 35.5. The first-order valence-electron chi connectivity index (χ1n) is 20.8. The molecule has 0 heterocycles. The van der Waals surface area contributed by atoms with Crippen LogP contribution in [-0.2, 0) is 37.5 Å². The molecule has 0 aromatic carbocycles. The average molecular weight is 801 g/mol. The van der Waals surface area contributed by atoms with Crippen LogP contribution in [0.3, 0.4) is 0 Å². The van der Waals surface area contributed by atoms with Gasteiger partial charge in [0, 0.05) is 31.1 Å². The number of ketones is 1. The normalized spacial score (nSPS) is 20.1. The van der Waals surface area contributed by atoms with Gasteiger partial charge in [-0.3, -0.25) is 23.4 Å². The molecule has 6 atom stereocenters. The number of phosphoric ester groups is 1. The van der Waals surface area contributed by atoms with E-state index in [4.69, 9.17) is 18.5 Å². The molecule has 0 radical (unpaired) electrons. The number of hydrogen-bond acceptors (Lipinski definition) is 10. The SMILES string of the molecule is CCCC/C=C\CCCCCCCC(=O)OC[C@H](COP(=O)(O)OCC[N+](C)(C)C)OC(=O)CCC/C=C\C[C@H]1[C@@H](O)CC(=O)[C@@H]1/C=C/[C@@H](O)CCCCC. The number of aliphatic hydroxyl groups is 2. The van der Waals surface area contributed by atoms with Crippen molar-refractivity contribution >= 4 is 25.5 Å². The molecule has 318 valence electrons. The van der Waals surface area contributed by atoms with Gasteiger partial charge in [-0.2, -0.15) is 0 Å². The van der Waals surface area contributed by atoms with Gasteiger partial charge in [-0.15, -0.1) is 0 Å². The van der Waals surface area contributed by atoms with Gasteiger partial charge in [-0.1, -0.05) is 102 Å². The lowest BCUT2D eigenvalue weighted by atomic mass is 9.90. The summed E-state index contributed by atoms with van der Waals surface area (Å²) in [7, 11) is 1.30. The molecule has 1 aliphatic rings. The van der Waals surface area contributed by atoms with Crippen molar-refractivity contribution in [2.24, 2.45) is 11.8 Å². The first-order chi connectivity index (χ1) is 26.2. The topological polar surface area (TPSA) is 166 Å². The molecule has 0 aromatic heterocycles. The molecule has 0 bridgehead atoms. The number of likely N-dealkylation sites (N-methyl/N-ethyl adjacent to an activating group) is 1. The number of carbonyl (C=O) groups is 3. The van der Waals surface area contributed by atoms with E-state index in [1.54, 1.807) is 12.2 Å². The van der Waals surface area contributed by atoms with E-state index in [9.17, 15) is 34.1 Å². The highest BCUT2D eigenvalue weighted by Gasteiger charge is 2.39. The van der Waals surface area contributed by atoms with Crippen molar-refractivity contribution in [3.63, 3.8) is 0 Å². The monoisotopic (exact) mass is 801 g/mol. The molecule has 12 nitrogen and oxygen atoms in total. The summed E-state index contributed by atoms with van der Waals surface area (Å²) >= 11 is 0. The van der Waals surface area contributed by atoms with E-state index in [0.29, 0.717) is 43.1 Å². The number of ether oxygens (including phenoxy) is 2. The molecule has 0 spiro atoms. The minimum Gasteiger partial charge on any atom is -0.462 e. The first-order valence-corrected chi connectivity index (χ1v) is 22.3. The molecular weight excluding hydrogens is 725 g/mol. The Morgan fingerprint density at radius 2 is 1.47 bits per heavy atom. The Hall–Kier alpha value is -2.18. The minimum absolute atomic E-state index is 0.0183. The second-order valence-corrected chi connectivity index (χ2v) is 17.3. The number of quaternary nitrogens is 1. The maximum atomic E-state index is 12.8. The van der Waals surface area contributed by atoms with Crippen molar-refractivity contribution in [2.75, 3.05) is 47.5 Å². The third kappa shape index (κ3) is 27.2. The van der Waals surface area contributed by atoms with Crippen LogP contribution in [0.2, 0.25) is 0 Å². The zero-order valence-electron chi connectivity index (χ0n) is 34.6. The van der Waals surface area contributed by atoms with E-state index in [0.717, 1.165) is 57.8 Å². The Bertz CT molecular complexity index is 1200. The summed E-state index contributed by atoms with van der Waals surface area (Å²) in [5, 5.41) is 20.7. The van der Waals surface area contributed by atoms with Crippen LogP contribution in [-0.4, -0.2) is 103 Å². The summed E-state index contributed by atoms with van der Waals surface area (Å²) in [6.45, 7) is 3.93. The van der Waals surface area contributed by atoms with E-state index in [-0.39, 0.29) is 44.2 Å². The van der Waals surface area contributed by atoms with Crippen molar-refractivity contribution in [3.05, 3.63) is 36.5 Å². The van der Waals surface area contributed by atoms with Crippen molar-refractivity contribution < 1.29 is 57.1 Å². The Morgan fingerprint density at radius 3 is 2.18 bits per heavy atom. The molecule has 1 rings (SSSR count). The van der Waals surface area contributed by atoms with Crippen molar-refractivity contribution in [3.8, 4) is 0 Å². The van der Waals surface area contributed by atoms with Crippen LogP contribution in [0.15, 0.2) is 36.5 Å². The van der Waals surface area contributed by atoms with Crippen molar-refractivity contribution in [1.82, 2.24) is 0 Å². The van der Waals surface area contributed by atoms with Crippen LogP contribution in [0, 0.1) is 11.8 Å². The molecule has 55 heavy (non-hydrogen) atoms. The standard InChI is InChI=1S/C42H74NO11P/c1-6-8-10-11-12-13-14-15-16-17-22-26-41(47)51-33-36(34-53-55(49,50)52-31-30-43(3,4)5)54-42(48)27-23-19-18-21-25-37-38(40(46)32-39(37)45)29-28-35(44)24-20-9-7-2/h11-12,18,21,28-29,35-39,44-45H,6-10,13-17,19-20,22-27,30-34H2,1-5H3/p+1/b12-11-,21-18-,29-28+/t35-,36+,37+,38+,39-/m0/s1.